The van der Waals surface area contributed by atoms with Crippen molar-refractivity contribution in [3.8, 4) is 5.75 Å². The summed E-state index contributed by atoms with van der Waals surface area (Å²) in [5.74, 6) is -0.123. The summed E-state index contributed by atoms with van der Waals surface area (Å²) in [6.07, 6.45) is 0. The zero-order valence-electron chi connectivity index (χ0n) is 9.74. The minimum Gasteiger partial charge on any atom is -0.497 e. The smallest absolute Gasteiger partial charge is 0.398 e. The monoisotopic (exact) mass is 301 g/mol. The molecule has 2 rings (SSSR count). The zero-order chi connectivity index (χ0) is 13.8. The second kappa shape index (κ2) is 5.81. The van der Waals surface area contributed by atoms with Gasteiger partial charge < -0.3 is 14.6 Å². The van der Waals surface area contributed by atoms with Gasteiger partial charge in [-0.25, -0.2) is 15.3 Å². The van der Waals surface area contributed by atoms with E-state index in [9.17, 15) is 4.79 Å². The lowest BCUT2D eigenvalue weighted by Crippen LogP contribution is -2.12. The third-order valence-electron chi connectivity index (χ3n) is 2.16. The molecular weight excluding hydrogens is 293 g/mol. The lowest BCUT2D eigenvalue weighted by atomic mass is 10.3. The number of ether oxygens (including phenoxy) is 1. The first kappa shape index (κ1) is 13.5. The van der Waals surface area contributed by atoms with Crippen LogP contribution in [-0.4, -0.2) is 23.0 Å². The second-order valence-corrected chi connectivity index (χ2v) is 4.15. The Bertz CT molecular complexity index is 564. The van der Waals surface area contributed by atoms with Crippen LogP contribution in [0.5, 0.6) is 5.75 Å². The summed E-state index contributed by atoms with van der Waals surface area (Å²) in [5, 5.41) is 0.0936. The molecule has 1 aromatic carbocycles. The maximum atomic E-state index is 11.6. The van der Waals surface area contributed by atoms with Gasteiger partial charge in [0.25, 0.3) is 0 Å². The van der Waals surface area contributed by atoms with Gasteiger partial charge in [0.2, 0.25) is 5.82 Å². The largest absolute Gasteiger partial charge is 0.497 e. The van der Waals surface area contributed by atoms with E-state index >= 15 is 0 Å². The molecule has 19 heavy (non-hydrogen) atoms. The molecule has 0 bridgehead atoms. The van der Waals surface area contributed by atoms with Gasteiger partial charge in [-0.1, -0.05) is 23.2 Å². The van der Waals surface area contributed by atoms with Crippen molar-refractivity contribution in [3.05, 3.63) is 40.4 Å². The third kappa shape index (κ3) is 3.30. The van der Waals surface area contributed by atoms with Gasteiger partial charge in [0.15, 0.2) is 5.15 Å². The standard InChI is InChI=1S/C11H9Cl2N3O3/c1-18-7-4-2-6(3-5-7)16-19-11(17)10-14-8(12)9(13)15-10/h2-5,16H,1H3,(H,14,15). The van der Waals surface area contributed by atoms with E-state index in [1.807, 2.05) is 0 Å². The maximum absolute atomic E-state index is 11.6. The number of hydrogen-bond acceptors (Lipinski definition) is 5. The highest BCUT2D eigenvalue weighted by Gasteiger charge is 2.15. The highest BCUT2D eigenvalue weighted by atomic mass is 35.5. The molecule has 0 spiro atoms. The highest BCUT2D eigenvalue weighted by molar-refractivity contribution is 6.40. The molecule has 2 N–H and O–H groups in total. The van der Waals surface area contributed by atoms with E-state index in [2.05, 4.69) is 15.4 Å². The summed E-state index contributed by atoms with van der Waals surface area (Å²) in [7, 11) is 1.56. The van der Waals surface area contributed by atoms with Crippen molar-refractivity contribution in [1.29, 1.82) is 0 Å². The van der Waals surface area contributed by atoms with E-state index in [0.29, 0.717) is 11.4 Å². The van der Waals surface area contributed by atoms with E-state index in [-0.39, 0.29) is 16.1 Å². The molecule has 0 aliphatic heterocycles. The summed E-state index contributed by atoms with van der Waals surface area (Å²) in [6.45, 7) is 0. The Kier molecular flexibility index (Phi) is 4.13. The predicted octanol–water partition coefficient (Wildman–Crippen LogP) is 2.91. The minimum atomic E-state index is -0.732. The average Bonchev–Trinajstić information content (AvgIpc) is 2.77. The van der Waals surface area contributed by atoms with Crippen LogP contribution in [0.4, 0.5) is 5.69 Å². The molecule has 1 heterocycles. The molecule has 0 radical (unpaired) electrons. The molecule has 0 fully saturated rings. The van der Waals surface area contributed by atoms with Crippen molar-refractivity contribution >= 4 is 34.9 Å². The molecule has 0 unspecified atom stereocenters. The second-order valence-electron chi connectivity index (χ2n) is 3.41. The molecule has 1 aromatic heterocycles. The van der Waals surface area contributed by atoms with Crippen molar-refractivity contribution in [2.45, 2.75) is 0 Å². The Morgan fingerprint density at radius 1 is 1.32 bits per heavy atom. The van der Waals surface area contributed by atoms with E-state index in [0.717, 1.165) is 0 Å². The summed E-state index contributed by atoms with van der Waals surface area (Å²) in [5.41, 5.74) is 3.05. The van der Waals surface area contributed by atoms with Crippen molar-refractivity contribution in [3.63, 3.8) is 0 Å². The number of benzene rings is 1. The van der Waals surface area contributed by atoms with Crippen LogP contribution in [-0.2, 0) is 4.84 Å². The number of imidazole rings is 1. The molecule has 8 heteroatoms. The summed E-state index contributed by atoms with van der Waals surface area (Å²) in [4.78, 5) is 22.6. The average molecular weight is 302 g/mol. The van der Waals surface area contributed by atoms with Crippen LogP contribution < -0.4 is 10.2 Å². The number of nitrogens with zero attached hydrogens (tertiary/aromatic N) is 1. The van der Waals surface area contributed by atoms with Crippen LogP contribution in [0.25, 0.3) is 0 Å². The molecule has 0 aliphatic carbocycles. The van der Waals surface area contributed by atoms with Gasteiger partial charge in [-0.15, -0.1) is 0 Å². The predicted molar refractivity (Wildman–Crippen MR) is 70.6 cm³/mol. The van der Waals surface area contributed by atoms with Crippen LogP contribution in [0.1, 0.15) is 10.6 Å². The maximum Gasteiger partial charge on any atom is 0.398 e. The van der Waals surface area contributed by atoms with Gasteiger partial charge in [-0.05, 0) is 24.3 Å². The van der Waals surface area contributed by atoms with Gasteiger partial charge in [0.1, 0.15) is 10.9 Å². The third-order valence-corrected chi connectivity index (χ3v) is 2.81. The van der Waals surface area contributed by atoms with Gasteiger partial charge >= 0.3 is 5.97 Å². The number of anilines is 1. The number of hydrogen-bond donors (Lipinski definition) is 2. The SMILES string of the molecule is COc1ccc(NOC(=O)c2nc(Cl)c(Cl)[nH]2)cc1. The number of carbonyl (C=O) groups is 1. The molecule has 0 saturated heterocycles. The molecule has 0 atom stereocenters. The summed E-state index contributed by atoms with van der Waals surface area (Å²) < 4.78 is 5.00. The van der Waals surface area contributed by atoms with Gasteiger partial charge in [-0.2, -0.15) is 0 Å². The van der Waals surface area contributed by atoms with E-state index in [1.165, 1.54) is 0 Å². The van der Waals surface area contributed by atoms with Crippen LogP contribution in [0.3, 0.4) is 0 Å². The topological polar surface area (TPSA) is 76.2 Å². The van der Waals surface area contributed by atoms with E-state index < -0.39 is 5.97 Å². The number of H-pyrrole nitrogens is 1. The first-order chi connectivity index (χ1) is 9.10. The molecule has 0 saturated carbocycles. The van der Waals surface area contributed by atoms with Gasteiger partial charge in [0, 0.05) is 0 Å². The number of rotatable bonds is 4. The fraction of sp³-hybridized carbons (Fsp3) is 0.0909. The van der Waals surface area contributed by atoms with Crippen molar-refractivity contribution in [2.75, 3.05) is 12.6 Å². The first-order valence-electron chi connectivity index (χ1n) is 5.12. The van der Waals surface area contributed by atoms with E-state index in [4.69, 9.17) is 32.8 Å². The number of methoxy groups -OCH3 is 1. The Hall–Kier alpha value is -1.92. The molecule has 0 amide bonds. The number of carbonyl (C=O) groups excluding carboxylic acids is 1. The lowest BCUT2D eigenvalue weighted by Gasteiger charge is -2.06. The Morgan fingerprint density at radius 2 is 2.00 bits per heavy atom. The Morgan fingerprint density at radius 3 is 2.53 bits per heavy atom. The fourth-order valence-electron chi connectivity index (χ4n) is 1.24. The number of nitrogens with one attached hydrogen (secondary N) is 2. The number of halogens is 2. The fourth-order valence-corrected chi connectivity index (χ4v) is 1.50. The van der Waals surface area contributed by atoms with Crippen molar-refractivity contribution < 1.29 is 14.4 Å². The quantitative estimate of drug-likeness (QED) is 0.849. The molecule has 0 aliphatic rings. The van der Waals surface area contributed by atoms with Crippen molar-refractivity contribution in [1.82, 2.24) is 9.97 Å². The van der Waals surface area contributed by atoms with Gasteiger partial charge in [-0.3, -0.25) is 0 Å². The molecule has 6 nitrogen and oxygen atoms in total. The minimum absolute atomic E-state index is 0.0121. The Balaban J connectivity index is 1.96. The molecule has 2 aromatic rings. The summed E-state index contributed by atoms with van der Waals surface area (Å²) in [6, 6.07) is 6.82. The summed E-state index contributed by atoms with van der Waals surface area (Å²) >= 11 is 11.2. The molecule has 100 valence electrons. The van der Waals surface area contributed by atoms with Crippen molar-refractivity contribution in [2.24, 2.45) is 0 Å². The van der Waals surface area contributed by atoms with Crippen LogP contribution >= 0.6 is 23.2 Å². The van der Waals surface area contributed by atoms with E-state index in [1.54, 1.807) is 31.4 Å². The molecular formula is C11H9Cl2N3O3. The lowest BCUT2D eigenvalue weighted by molar-refractivity contribution is 0.0584. The Labute approximate surface area is 118 Å². The zero-order valence-corrected chi connectivity index (χ0v) is 11.2. The highest BCUT2D eigenvalue weighted by Crippen LogP contribution is 2.19. The number of aromatic amines is 1. The van der Waals surface area contributed by atoms with Crippen LogP contribution in [0, 0.1) is 0 Å². The normalized spacial score (nSPS) is 10.1. The number of aromatic nitrogens is 2. The van der Waals surface area contributed by atoms with Gasteiger partial charge in [0.05, 0.1) is 12.8 Å². The van der Waals surface area contributed by atoms with Crippen LogP contribution in [0.2, 0.25) is 10.3 Å². The first-order valence-corrected chi connectivity index (χ1v) is 5.88. The van der Waals surface area contributed by atoms with Crippen LogP contribution in [0.15, 0.2) is 24.3 Å².